The van der Waals surface area contributed by atoms with Crippen molar-refractivity contribution in [3.63, 3.8) is 0 Å². The molecule has 0 radical (unpaired) electrons. The summed E-state index contributed by atoms with van der Waals surface area (Å²) in [6.07, 6.45) is 1.18. The van der Waals surface area contributed by atoms with Crippen LogP contribution in [0.3, 0.4) is 0 Å². The van der Waals surface area contributed by atoms with E-state index in [9.17, 15) is 9.59 Å². The Labute approximate surface area is 119 Å². The number of esters is 1. The lowest BCUT2D eigenvalue weighted by Gasteiger charge is -2.05. The fourth-order valence-corrected chi connectivity index (χ4v) is 1.70. The summed E-state index contributed by atoms with van der Waals surface area (Å²) in [5.74, 6) is -0.408. The SMILES string of the molecule is CCOC(=O)c1cnc(-c2ccc(Cl)c(N)c2)[nH]c1=O. The van der Waals surface area contributed by atoms with Crippen molar-refractivity contribution in [3.8, 4) is 11.4 Å². The zero-order chi connectivity index (χ0) is 14.7. The number of ether oxygens (including phenoxy) is 1. The topological polar surface area (TPSA) is 98.1 Å². The lowest BCUT2D eigenvalue weighted by molar-refractivity contribution is 0.0524. The second-order valence-corrected chi connectivity index (χ2v) is 4.34. The summed E-state index contributed by atoms with van der Waals surface area (Å²) in [5, 5.41) is 0.416. The molecule has 6 nitrogen and oxygen atoms in total. The average Bonchev–Trinajstić information content (AvgIpc) is 2.42. The smallest absolute Gasteiger partial charge is 0.345 e. The molecule has 20 heavy (non-hydrogen) atoms. The van der Waals surface area contributed by atoms with E-state index < -0.39 is 11.5 Å². The Morgan fingerprint density at radius 1 is 1.50 bits per heavy atom. The Hall–Kier alpha value is -2.34. The number of nitrogens with one attached hydrogen (secondary N) is 1. The number of carbonyl (C=O) groups excluding carboxylic acids is 1. The summed E-state index contributed by atoms with van der Waals surface area (Å²) in [6, 6.07) is 4.86. The first-order valence-electron chi connectivity index (χ1n) is 5.84. The van der Waals surface area contributed by atoms with E-state index in [1.54, 1.807) is 25.1 Å². The zero-order valence-corrected chi connectivity index (χ0v) is 11.4. The number of aromatic nitrogens is 2. The van der Waals surface area contributed by atoms with Gasteiger partial charge in [-0.3, -0.25) is 4.79 Å². The molecule has 0 bridgehead atoms. The molecule has 0 saturated heterocycles. The summed E-state index contributed by atoms with van der Waals surface area (Å²) in [6.45, 7) is 1.85. The number of aromatic amines is 1. The number of halogens is 1. The van der Waals surface area contributed by atoms with Gasteiger partial charge >= 0.3 is 5.97 Å². The molecule has 0 aliphatic rings. The van der Waals surface area contributed by atoms with Crippen LogP contribution in [-0.4, -0.2) is 22.5 Å². The van der Waals surface area contributed by atoms with E-state index >= 15 is 0 Å². The number of carbonyl (C=O) groups is 1. The second-order valence-electron chi connectivity index (χ2n) is 3.93. The van der Waals surface area contributed by atoms with Crippen molar-refractivity contribution in [1.82, 2.24) is 9.97 Å². The van der Waals surface area contributed by atoms with Crippen LogP contribution in [0.4, 0.5) is 5.69 Å². The van der Waals surface area contributed by atoms with Gasteiger partial charge in [-0.05, 0) is 25.1 Å². The van der Waals surface area contributed by atoms with Gasteiger partial charge in [-0.1, -0.05) is 11.6 Å². The molecule has 0 unspecified atom stereocenters. The number of nitrogens with zero attached hydrogens (tertiary/aromatic N) is 1. The van der Waals surface area contributed by atoms with Gasteiger partial charge in [-0.2, -0.15) is 0 Å². The first-order valence-corrected chi connectivity index (χ1v) is 6.22. The number of nitrogens with two attached hydrogens (primary N) is 1. The molecule has 0 atom stereocenters. The van der Waals surface area contributed by atoms with Gasteiger partial charge in [0.1, 0.15) is 11.4 Å². The lowest BCUT2D eigenvalue weighted by atomic mass is 10.2. The molecule has 0 aliphatic heterocycles. The largest absolute Gasteiger partial charge is 0.462 e. The fourth-order valence-electron chi connectivity index (χ4n) is 1.59. The number of hydrogen-bond acceptors (Lipinski definition) is 5. The maximum Gasteiger partial charge on any atom is 0.345 e. The summed E-state index contributed by atoms with van der Waals surface area (Å²) in [4.78, 5) is 29.9. The van der Waals surface area contributed by atoms with Crippen molar-refractivity contribution >= 4 is 23.3 Å². The minimum atomic E-state index is -0.705. The number of nitrogen functional groups attached to an aromatic ring is 1. The molecule has 0 spiro atoms. The third-order valence-electron chi connectivity index (χ3n) is 2.56. The Morgan fingerprint density at radius 2 is 2.25 bits per heavy atom. The number of H-pyrrole nitrogens is 1. The number of benzene rings is 1. The van der Waals surface area contributed by atoms with E-state index in [1.807, 2.05) is 0 Å². The van der Waals surface area contributed by atoms with Crippen LogP contribution in [-0.2, 0) is 4.74 Å². The lowest BCUT2D eigenvalue weighted by Crippen LogP contribution is -2.21. The molecule has 0 saturated carbocycles. The maximum atomic E-state index is 11.8. The highest BCUT2D eigenvalue weighted by Gasteiger charge is 2.13. The van der Waals surface area contributed by atoms with E-state index in [0.717, 1.165) is 0 Å². The van der Waals surface area contributed by atoms with Crippen molar-refractivity contribution in [2.75, 3.05) is 12.3 Å². The van der Waals surface area contributed by atoms with Crippen molar-refractivity contribution in [2.45, 2.75) is 6.92 Å². The minimum Gasteiger partial charge on any atom is -0.462 e. The third-order valence-corrected chi connectivity index (χ3v) is 2.91. The molecular formula is C13H12ClN3O3. The van der Waals surface area contributed by atoms with E-state index in [1.165, 1.54) is 6.20 Å². The summed E-state index contributed by atoms with van der Waals surface area (Å²) in [7, 11) is 0. The molecule has 1 aromatic carbocycles. The maximum absolute atomic E-state index is 11.8. The van der Waals surface area contributed by atoms with Crippen LogP contribution < -0.4 is 11.3 Å². The fraction of sp³-hybridized carbons (Fsp3) is 0.154. The molecule has 3 N–H and O–H groups in total. The normalized spacial score (nSPS) is 10.3. The highest BCUT2D eigenvalue weighted by atomic mass is 35.5. The Morgan fingerprint density at radius 3 is 2.85 bits per heavy atom. The molecule has 2 aromatic rings. The predicted octanol–water partition coefficient (Wildman–Crippen LogP) is 1.85. The first kappa shape index (κ1) is 14.1. The molecule has 0 aliphatic carbocycles. The van der Waals surface area contributed by atoms with Crippen LogP contribution in [0.15, 0.2) is 29.2 Å². The van der Waals surface area contributed by atoms with Gasteiger partial charge in [0, 0.05) is 11.8 Å². The van der Waals surface area contributed by atoms with E-state index in [0.29, 0.717) is 22.1 Å². The molecule has 104 valence electrons. The summed E-state index contributed by atoms with van der Waals surface area (Å²) in [5.41, 5.74) is 5.95. The quantitative estimate of drug-likeness (QED) is 0.665. The van der Waals surface area contributed by atoms with Gasteiger partial charge in [0.2, 0.25) is 0 Å². The average molecular weight is 294 g/mol. The number of hydrogen-bond donors (Lipinski definition) is 2. The number of rotatable bonds is 3. The zero-order valence-electron chi connectivity index (χ0n) is 10.6. The van der Waals surface area contributed by atoms with Crippen molar-refractivity contribution in [1.29, 1.82) is 0 Å². The number of anilines is 1. The molecule has 0 amide bonds. The van der Waals surface area contributed by atoms with Crippen molar-refractivity contribution < 1.29 is 9.53 Å². The van der Waals surface area contributed by atoms with E-state index in [2.05, 4.69) is 9.97 Å². The summed E-state index contributed by atoms with van der Waals surface area (Å²) < 4.78 is 4.75. The highest BCUT2D eigenvalue weighted by molar-refractivity contribution is 6.33. The van der Waals surface area contributed by atoms with Gasteiger partial charge in [0.05, 0.1) is 17.3 Å². The van der Waals surface area contributed by atoms with E-state index in [4.69, 9.17) is 22.1 Å². The Kier molecular flexibility index (Phi) is 4.05. The van der Waals surface area contributed by atoms with Crippen LogP contribution in [0.1, 0.15) is 17.3 Å². The Bertz CT molecular complexity index is 712. The van der Waals surface area contributed by atoms with Gasteiger partial charge < -0.3 is 15.5 Å². The summed E-state index contributed by atoms with van der Waals surface area (Å²) >= 11 is 5.82. The van der Waals surface area contributed by atoms with E-state index in [-0.39, 0.29) is 12.2 Å². The standard InChI is InChI=1S/C13H12ClN3O3/c1-2-20-13(19)8-6-16-11(17-12(8)18)7-3-4-9(14)10(15)5-7/h3-6H,2,15H2,1H3,(H,16,17,18). The van der Waals surface area contributed by atoms with Gasteiger partial charge in [-0.15, -0.1) is 0 Å². The molecule has 2 rings (SSSR count). The first-order chi connectivity index (χ1) is 9.52. The monoisotopic (exact) mass is 293 g/mol. The minimum absolute atomic E-state index is 0.141. The molecule has 0 fully saturated rings. The highest BCUT2D eigenvalue weighted by Crippen LogP contribution is 2.24. The van der Waals surface area contributed by atoms with Gasteiger partial charge in [0.25, 0.3) is 5.56 Å². The molecule has 1 heterocycles. The molecular weight excluding hydrogens is 282 g/mol. The van der Waals surface area contributed by atoms with Crippen LogP contribution >= 0.6 is 11.6 Å². The van der Waals surface area contributed by atoms with Crippen LogP contribution in [0.5, 0.6) is 0 Å². The van der Waals surface area contributed by atoms with Crippen molar-refractivity contribution in [2.24, 2.45) is 0 Å². The van der Waals surface area contributed by atoms with Crippen LogP contribution in [0, 0.1) is 0 Å². The third kappa shape index (κ3) is 2.80. The second kappa shape index (κ2) is 5.75. The van der Waals surface area contributed by atoms with Crippen molar-refractivity contribution in [3.05, 3.63) is 45.3 Å². The Balaban J connectivity index is 2.40. The van der Waals surface area contributed by atoms with Gasteiger partial charge in [-0.25, -0.2) is 9.78 Å². The molecule has 1 aromatic heterocycles. The molecule has 7 heteroatoms. The van der Waals surface area contributed by atoms with Gasteiger partial charge in [0.15, 0.2) is 0 Å². The van der Waals surface area contributed by atoms with Crippen LogP contribution in [0.2, 0.25) is 5.02 Å². The van der Waals surface area contributed by atoms with Crippen LogP contribution in [0.25, 0.3) is 11.4 Å². The predicted molar refractivity (Wildman–Crippen MR) is 75.7 cm³/mol.